The molecule has 8 heteroatoms. The van der Waals surface area contributed by atoms with E-state index >= 15 is 0 Å². The van der Waals surface area contributed by atoms with Crippen molar-refractivity contribution in [3.8, 4) is 46.0 Å². The molecule has 0 amide bonds. The molecule has 0 N–H and O–H groups in total. The lowest BCUT2D eigenvalue weighted by Crippen LogP contribution is -2.60. The van der Waals surface area contributed by atoms with Crippen molar-refractivity contribution in [3.05, 3.63) is 239 Å². The van der Waals surface area contributed by atoms with Crippen LogP contribution in [-0.4, -0.2) is 44.8 Å². The van der Waals surface area contributed by atoms with Gasteiger partial charge in [0.15, 0.2) is 0 Å². The maximum atomic E-state index is 6.80. The molecule has 12 saturated carbocycles. The number of hydrogen-bond acceptors (Lipinski definition) is 8. The molecule has 0 aromatic heterocycles. The van der Waals surface area contributed by atoms with E-state index in [2.05, 4.69) is 388 Å². The molecule has 8 atom stereocenters. The highest BCUT2D eigenvalue weighted by atomic mass is 16.5. The summed E-state index contributed by atoms with van der Waals surface area (Å²) >= 11 is 0. The lowest BCUT2D eigenvalue weighted by atomic mass is 9.49. The minimum atomic E-state index is -0.113. The third-order valence-corrected chi connectivity index (χ3v) is 38.2. The first-order valence-corrected chi connectivity index (χ1v) is 61.1. The normalized spacial score (nSPS) is 24.8. The molecule has 0 saturated heterocycles. The predicted molar refractivity (Wildman–Crippen MR) is 632 cm³/mol. The van der Waals surface area contributed by atoms with Crippen LogP contribution in [0.2, 0.25) is 0 Å². The summed E-state index contributed by atoms with van der Waals surface area (Å²) in [5, 5.41) is 0. The Morgan fingerprint density at radius 1 is 0.230 bits per heavy atom. The Bertz CT molecular complexity index is 4960. The van der Waals surface area contributed by atoms with Crippen LogP contribution in [0.1, 0.15) is 543 Å². The largest absolute Gasteiger partial charge is 0.488 e. The highest BCUT2D eigenvalue weighted by Crippen LogP contribution is 2.62. The lowest BCUT2D eigenvalue weighted by molar-refractivity contribution is -0.157. The Balaban J connectivity index is 0.000000161. The molecular weight excluding hydrogens is 1810 g/mol. The van der Waals surface area contributed by atoms with Gasteiger partial charge in [-0.25, -0.2) is 0 Å². The third kappa shape index (κ3) is 34.6. The maximum Gasteiger partial charge on any atom is 0.120 e. The SMILES string of the molecule is CCC(C)c1ccc(OC(C)(C)C)cc1.CCC(C)c1ccc(OC(C)(C)CC)cc1.CCC(C)c1ccc(OC2(C)C3CC4CC(C3)CC2C4)cc1.CCC(C)c1ccc(OC2(C)CCCC2)cc1.CCC(C)c1ccc(OC2(C)CCCCC2)cc1.CCC(C)c1ccc(OC2(CC)C3CC4CC(C3)CC2C4)cc1.CCC(C)c1ccc(OC2(CC)CCCC2)cc1.CCC(C)c1ccc(OC2(CC)CCCCC2)cc1. The van der Waals surface area contributed by atoms with E-state index in [1.54, 1.807) is 0 Å². The minimum Gasteiger partial charge on any atom is -0.488 e. The lowest BCUT2D eigenvalue weighted by Gasteiger charge is -2.60. The number of benzene rings is 8. The van der Waals surface area contributed by atoms with Gasteiger partial charge >= 0.3 is 0 Å². The fraction of sp³-hybridized carbons (Fsp3) is 0.657. The van der Waals surface area contributed by atoms with Crippen LogP contribution in [0.25, 0.3) is 0 Å². The first-order chi connectivity index (χ1) is 70.8. The zero-order valence-corrected chi connectivity index (χ0v) is 99.3. The fourth-order valence-corrected chi connectivity index (χ4v) is 26.1. The van der Waals surface area contributed by atoms with Gasteiger partial charge in [-0.2, -0.15) is 0 Å². The average molecular weight is 2020 g/mol. The van der Waals surface area contributed by atoms with Gasteiger partial charge in [-0.1, -0.05) is 248 Å². The van der Waals surface area contributed by atoms with E-state index in [0.29, 0.717) is 47.3 Å². The van der Waals surface area contributed by atoms with Crippen LogP contribution in [0.5, 0.6) is 46.0 Å². The third-order valence-electron chi connectivity index (χ3n) is 38.2. The monoisotopic (exact) mass is 2020 g/mol. The molecule has 0 aliphatic heterocycles. The van der Waals surface area contributed by atoms with Gasteiger partial charge in [-0.3, -0.25) is 0 Å². The average Bonchev–Trinajstić information content (AvgIpc) is 0.767. The predicted octanol–water partition coefficient (Wildman–Crippen LogP) is 42.3. The van der Waals surface area contributed by atoms with Crippen LogP contribution in [0, 0.1) is 47.3 Å². The van der Waals surface area contributed by atoms with E-state index in [0.717, 1.165) is 113 Å². The van der Waals surface area contributed by atoms with Gasteiger partial charge in [0, 0.05) is 0 Å². The molecule has 8 bridgehead atoms. The summed E-state index contributed by atoms with van der Waals surface area (Å²) in [5.74, 6) is 20.6. The Morgan fingerprint density at radius 2 is 0.439 bits per heavy atom. The summed E-state index contributed by atoms with van der Waals surface area (Å²) in [4.78, 5) is 0. The highest BCUT2D eigenvalue weighted by molar-refractivity contribution is 5.38. The zero-order valence-electron chi connectivity index (χ0n) is 99.3. The molecule has 148 heavy (non-hydrogen) atoms. The number of ether oxygens (including phenoxy) is 8. The topological polar surface area (TPSA) is 73.8 Å². The van der Waals surface area contributed by atoms with Crippen LogP contribution in [0.4, 0.5) is 0 Å². The molecule has 12 fully saturated rings. The molecule has 12 aliphatic carbocycles. The standard InChI is InChI=1S/C22H32O.C21H30O.C18H28O.2C17H26O.C16H24O.C15H24O.C14H22O/c1-4-15(3)18-6-8-21(9-7-18)23-22(5-2)19-11-16-10-17(13-19)14-20(22)12-16;1-4-14(2)17-5-7-20(8-6-17)22-21(3)18-10-15-9-16(12-18)13-19(21)11-15;1-4-15(3)16-9-11-17(12-10-16)19-18(5-2)13-7-6-8-14-18;1-4-14(2)15-8-10-16(11-9-15)18-17(3)12-6-5-7-13-17;1-4-14(3)15-8-10-16(11-9-15)18-17(5-2)12-6-7-13-17;1-4-13(2)14-7-9-15(10-8-14)17-16(3)11-5-6-12-16;1-6-12(3)13-8-10-14(11-9-13)16-15(4,5)7-2;1-6-11(2)12-7-9-13(10-8-12)15-14(3,4)5/h6-9,15-17,19-20H,4-5,10-14H2,1-3H3;5-8,14-16,18-19H,4,9-13H2,1-3H3;9-12,15H,4-8,13-14H2,1-3H3;2*8-11,14H,4-7,12-13H2,1-3H3;7-10,13H,4-6,11-12H2,1-3H3;8-12H,6-7H2,1-5H3;7-11H,6H2,1-5H3. The van der Waals surface area contributed by atoms with Crippen molar-refractivity contribution in [3.63, 3.8) is 0 Å². The van der Waals surface area contributed by atoms with E-state index < -0.39 is 0 Å². The summed E-state index contributed by atoms with van der Waals surface area (Å²) in [7, 11) is 0. The van der Waals surface area contributed by atoms with Crippen molar-refractivity contribution >= 4 is 0 Å². The Labute approximate surface area is 906 Å². The van der Waals surface area contributed by atoms with E-state index in [9.17, 15) is 0 Å². The summed E-state index contributed by atoms with van der Waals surface area (Å²) in [5.41, 5.74) is 11.7. The van der Waals surface area contributed by atoms with Gasteiger partial charge in [-0.15, -0.1) is 0 Å². The molecule has 8 aromatic carbocycles. The Morgan fingerprint density at radius 3 is 0.676 bits per heavy atom. The molecule has 8 unspecified atom stereocenters. The summed E-state index contributed by atoms with van der Waals surface area (Å²) < 4.78 is 50.1. The first kappa shape index (κ1) is 120. The molecule has 8 aromatic rings. The number of hydrogen-bond donors (Lipinski definition) is 0. The molecule has 8 nitrogen and oxygen atoms in total. The fourth-order valence-electron chi connectivity index (χ4n) is 26.1. The second kappa shape index (κ2) is 56.8. The molecular formula is C140H212O8. The van der Waals surface area contributed by atoms with Gasteiger partial charge in [0.2, 0.25) is 0 Å². The molecule has 12 aliphatic rings. The highest BCUT2D eigenvalue weighted by Gasteiger charge is 2.59. The van der Waals surface area contributed by atoms with Gasteiger partial charge in [0.05, 0.1) is 0 Å². The van der Waals surface area contributed by atoms with Crippen LogP contribution < -0.4 is 37.9 Å². The van der Waals surface area contributed by atoms with E-state index in [-0.39, 0.29) is 44.8 Å². The maximum absolute atomic E-state index is 6.80. The van der Waals surface area contributed by atoms with Gasteiger partial charge < -0.3 is 37.9 Å². The van der Waals surface area contributed by atoms with Crippen LogP contribution in [-0.2, 0) is 0 Å². The van der Waals surface area contributed by atoms with Crippen LogP contribution in [0.3, 0.4) is 0 Å². The number of rotatable bonds is 35. The molecule has 20 rings (SSSR count). The second-order valence-corrected chi connectivity index (χ2v) is 50.7. The second-order valence-electron chi connectivity index (χ2n) is 50.7. The van der Waals surface area contributed by atoms with Crippen molar-refractivity contribution in [1.82, 2.24) is 0 Å². The molecule has 0 radical (unpaired) electrons. The minimum absolute atomic E-state index is 0.0656. The van der Waals surface area contributed by atoms with Crippen molar-refractivity contribution in [2.45, 2.75) is 543 Å². The summed E-state index contributed by atoms with van der Waals surface area (Å²) in [6.45, 7) is 62.5. The quantitative estimate of drug-likeness (QED) is 0.0389. The van der Waals surface area contributed by atoms with Crippen LogP contribution in [0.15, 0.2) is 194 Å². The van der Waals surface area contributed by atoms with Crippen LogP contribution >= 0.6 is 0 Å². The van der Waals surface area contributed by atoms with Gasteiger partial charge in [0.25, 0.3) is 0 Å². The van der Waals surface area contributed by atoms with Crippen molar-refractivity contribution < 1.29 is 37.9 Å². The summed E-state index contributed by atoms with van der Waals surface area (Å²) in [6, 6.07) is 69.9. The van der Waals surface area contributed by atoms with Gasteiger partial charge in [0.1, 0.15) is 90.8 Å². The molecule has 0 heterocycles. The smallest absolute Gasteiger partial charge is 0.120 e. The molecule has 0 spiro atoms. The molecule has 820 valence electrons. The van der Waals surface area contributed by atoms with Gasteiger partial charge in [-0.05, 0) is 536 Å². The Hall–Kier alpha value is -7.84. The van der Waals surface area contributed by atoms with Crippen molar-refractivity contribution in [1.29, 1.82) is 0 Å². The van der Waals surface area contributed by atoms with E-state index in [4.69, 9.17) is 37.9 Å². The van der Waals surface area contributed by atoms with E-state index in [1.165, 1.54) is 282 Å². The zero-order chi connectivity index (χ0) is 107. The first-order valence-electron chi connectivity index (χ1n) is 61.1. The summed E-state index contributed by atoms with van der Waals surface area (Å²) in [6.07, 6.45) is 51.2. The Kier molecular flexibility index (Phi) is 46.2. The van der Waals surface area contributed by atoms with Crippen molar-refractivity contribution in [2.75, 3.05) is 0 Å². The van der Waals surface area contributed by atoms with E-state index in [1.807, 2.05) is 0 Å². The van der Waals surface area contributed by atoms with Crippen molar-refractivity contribution in [2.24, 2.45) is 47.3 Å².